The highest BCUT2D eigenvalue weighted by atomic mass is 19.1. The van der Waals surface area contributed by atoms with E-state index in [4.69, 9.17) is 10.4 Å². The Morgan fingerprint density at radius 3 is 2.84 bits per heavy atom. The summed E-state index contributed by atoms with van der Waals surface area (Å²) in [6, 6.07) is 6.42. The average molecular weight is 422 g/mol. The van der Waals surface area contributed by atoms with Crippen LogP contribution in [0.25, 0.3) is 11.4 Å². The molecule has 4 rings (SSSR count). The first-order chi connectivity index (χ1) is 15.0. The minimum Gasteiger partial charge on any atom is -0.359 e. The summed E-state index contributed by atoms with van der Waals surface area (Å²) in [7, 11) is 0. The number of nitrogens with two attached hydrogens (primary N) is 1. The minimum atomic E-state index is -0.406. The first-order valence-electron chi connectivity index (χ1n) is 9.81. The Kier molecular flexibility index (Phi) is 5.89. The van der Waals surface area contributed by atoms with E-state index >= 15 is 0 Å². The molecule has 31 heavy (non-hydrogen) atoms. The van der Waals surface area contributed by atoms with Gasteiger partial charge in [0.05, 0.1) is 18.4 Å². The monoisotopic (exact) mass is 422 g/mol. The Hall–Kier alpha value is -3.79. The molecule has 0 aliphatic heterocycles. The molecule has 160 valence electrons. The highest BCUT2D eigenvalue weighted by Gasteiger charge is 2.25. The molecule has 10 heteroatoms. The van der Waals surface area contributed by atoms with Crippen LogP contribution in [0.4, 0.5) is 16.2 Å². The van der Waals surface area contributed by atoms with Crippen molar-refractivity contribution in [2.45, 2.75) is 26.3 Å². The molecule has 3 heterocycles. The van der Waals surface area contributed by atoms with E-state index < -0.39 is 5.82 Å². The molecule has 1 aliphatic rings. The topological polar surface area (TPSA) is 127 Å². The van der Waals surface area contributed by atoms with Crippen LogP contribution >= 0.6 is 0 Å². The molecular formula is C21H23FN8O. The van der Waals surface area contributed by atoms with Crippen molar-refractivity contribution in [3.05, 3.63) is 71.8 Å². The molecule has 0 spiro atoms. The molecule has 3 aromatic rings. The lowest BCUT2D eigenvalue weighted by Crippen LogP contribution is -2.22. The van der Waals surface area contributed by atoms with Crippen molar-refractivity contribution in [3.8, 4) is 11.4 Å². The van der Waals surface area contributed by atoms with Gasteiger partial charge in [-0.25, -0.2) is 9.37 Å². The van der Waals surface area contributed by atoms with E-state index in [2.05, 4.69) is 42.7 Å². The predicted molar refractivity (Wildman–Crippen MR) is 115 cm³/mol. The summed E-state index contributed by atoms with van der Waals surface area (Å²) in [5.41, 5.74) is 6.20. The molecule has 0 bridgehead atoms. The van der Waals surface area contributed by atoms with Crippen LogP contribution in [-0.4, -0.2) is 20.1 Å². The fraction of sp³-hybridized carbons (Fsp3) is 0.238. The van der Waals surface area contributed by atoms with Crippen LogP contribution in [0.15, 0.2) is 59.0 Å². The van der Waals surface area contributed by atoms with Crippen molar-refractivity contribution in [3.63, 3.8) is 0 Å². The Balaban J connectivity index is 1.39. The van der Waals surface area contributed by atoms with E-state index in [1.165, 1.54) is 6.07 Å². The van der Waals surface area contributed by atoms with Gasteiger partial charge in [0.25, 0.3) is 0 Å². The second-order valence-electron chi connectivity index (χ2n) is 7.28. The van der Waals surface area contributed by atoms with Gasteiger partial charge in [-0.15, -0.1) is 0 Å². The molecule has 0 unspecified atom stereocenters. The van der Waals surface area contributed by atoms with Crippen molar-refractivity contribution in [1.29, 1.82) is 0 Å². The zero-order valence-corrected chi connectivity index (χ0v) is 17.0. The third-order valence-electron chi connectivity index (χ3n) is 4.63. The van der Waals surface area contributed by atoms with Gasteiger partial charge in [-0.05, 0) is 38.0 Å². The summed E-state index contributed by atoms with van der Waals surface area (Å²) in [4.78, 5) is 12.9. The normalized spacial score (nSPS) is 13.7. The average Bonchev–Trinajstić information content (AvgIpc) is 3.48. The zero-order chi connectivity index (χ0) is 21.8. The molecule has 5 N–H and O–H groups in total. The van der Waals surface area contributed by atoms with Gasteiger partial charge in [-0.3, -0.25) is 10.8 Å². The molecule has 1 aliphatic carbocycles. The third kappa shape index (κ3) is 5.43. The Morgan fingerprint density at radius 2 is 2.13 bits per heavy atom. The maximum Gasteiger partial charge on any atom is 0.225 e. The number of aryl methyl sites for hydroxylation is 1. The van der Waals surface area contributed by atoms with Crippen LogP contribution < -0.4 is 21.9 Å². The van der Waals surface area contributed by atoms with Gasteiger partial charge >= 0.3 is 0 Å². The fourth-order valence-corrected chi connectivity index (χ4v) is 2.98. The quantitative estimate of drug-likeness (QED) is 0.233. The molecule has 0 saturated heterocycles. The second kappa shape index (κ2) is 8.92. The van der Waals surface area contributed by atoms with Crippen molar-refractivity contribution in [2.75, 3.05) is 10.6 Å². The summed E-state index contributed by atoms with van der Waals surface area (Å²) in [5, 5.41) is 10.3. The predicted octanol–water partition coefficient (Wildman–Crippen LogP) is 3.27. The molecule has 3 aromatic heterocycles. The lowest BCUT2D eigenvalue weighted by molar-refractivity contribution is 0.389. The molecule has 1 fully saturated rings. The Morgan fingerprint density at radius 1 is 1.29 bits per heavy atom. The fourth-order valence-electron chi connectivity index (χ4n) is 2.98. The van der Waals surface area contributed by atoms with E-state index in [-0.39, 0.29) is 0 Å². The summed E-state index contributed by atoms with van der Waals surface area (Å²) < 4.78 is 18.3. The molecular weight excluding hydrogens is 399 g/mol. The number of aromatic nitrogens is 4. The van der Waals surface area contributed by atoms with E-state index in [9.17, 15) is 4.39 Å². The molecule has 9 nitrogen and oxygen atoms in total. The highest BCUT2D eigenvalue weighted by molar-refractivity contribution is 5.53. The van der Waals surface area contributed by atoms with Crippen LogP contribution in [0.2, 0.25) is 0 Å². The SMILES string of the molecule is C=C(/C=C(\NN)C1CC1)Nc1cc(C)nc(NCc2cc(-c3ccc(F)cn3)no2)n1. The van der Waals surface area contributed by atoms with Gasteiger partial charge in [-0.2, -0.15) is 4.98 Å². The lowest BCUT2D eigenvalue weighted by atomic mass is 10.2. The second-order valence-corrected chi connectivity index (χ2v) is 7.28. The smallest absolute Gasteiger partial charge is 0.225 e. The van der Waals surface area contributed by atoms with Crippen LogP contribution in [0, 0.1) is 18.7 Å². The number of anilines is 2. The lowest BCUT2D eigenvalue weighted by Gasteiger charge is -2.11. The van der Waals surface area contributed by atoms with E-state index in [0.717, 1.165) is 30.4 Å². The zero-order valence-electron chi connectivity index (χ0n) is 17.0. The van der Waals surface area contributed by atoms with Gasteiger partial charge < -0.3 is 20.6 Å². The summed E-state index contributed by atoms with van der Waals surface area (Å²) >= 11 is 0. The number of rotatable bonds is 9. The summed E-state index contributed by atoms with van der Waals surface area (Å²) in [6.07, 6.45) is 5.29. The largest absolute Gasteiger partial charge is 0.359 e. The Bertz CT molecular complexity index is 1100. The van der Waals surface area contributed by atoms with Gasteiger partial charge in [0.15, 0.2) is 5.76 Å². The number of hydrogen-bond donors (Lipinski definition) is 4. The van der Waals surface area contributed by atoms with E-state index in [0.29, 0.717) is 47.1 Å². The number of hydrazine groups is 1. The van der Waals surface area contributed by atoms with Gasteiger partial charge in [0, 0.05) is 35.1 Å². The first-order valence-corrected chi connectivity index (χ1v) is 9.81. The van der Waals surface area contributed by atoms with Crippen molar-refractivity contribution in [2.24, 2.45) is 11.8 Å². The van der Waals surface area contributed by atoms with Crippen molar-refractivity contribution >= 4 is 11.8 Å². The number of halogens is 1. The maximum atomic E-state index is 13.0. The first kappa shape index (κ1) is 20.5. The van der Waals surface area contributed by atoms with Crippen molar-refractivity contribution < 1.29 is 8.91 Å². The standard InChI is InChI=1S/C21H23FN8O/c1-12(7-18(29-23)14-3-4-14)26-20-8-13(2)27-21(28-20)25-11-16-9-19(30-31-16)17-6-5-15(22)10-24-17/h5-10,14,29H,1,3-4,11,23H2,2H3,(H2,25,26,27,28)/b18-7-. The van der Waals surface area contributed by atoms with Crippen molar-refractivity contribution in [1.82, 2.24) is 25.5 Å². The molecule has 0 aromatic carbocycles. The molecule has 1 saturated carbocycles. The number of hydrogen-bond acceptors (Lipinski definition) is 9. The summed E-state index contributed by atoms with van der Waals surface area (Å²) in [5.74, 6) is 7.26. The van der Waals surface area contributed by atoms with Gasteiger partial charge in [-0.1, -0.05) is 11.7 Å². The van der Waals surface area contributed by atoms with Gasteiger partial charge in [0.2, 0.25) is 5.95 Å². The molecule has 0 radical (unpaired) electrons. The minimum absolute atomic E-state index is 0.320. The van der Waals surface area contributed by atoms with Gasteiger partial charge in [0.1, 0.15) is 17.3 Å². The van der Waals surface area contributed by atoms with E-state index in [1.54, 1.807) is 12.1 Å². The van der Waals surface area contributed by atoms with E-state index in [1.807, 2.05) is 19.1 Å². The van der Waals surface area contributed by atoms with Crippen LogP contribution in [0.3, 0.4) is 0 Å². The summed E-state index contributed by atoms with van der Waals surface area (Å²) in [6.45, 7) is 6.22. The number of nitrogens with zero attached hydrogens (tertiary/aromatic N) is 4. The number of nitrogens with one attached hydrogen (secondary N) is 3. The molecule has 0 amide bonds. The number of allylic oxidation sites excluding steroid dienone is 2. The molecule has 0 atom stereocenters. The van der Waals surface area contributed by atoms with Crippen LogP contribution in [-0.2, 0) is 6.54 Å². The third-order valence-corrected chi connectivity index (χ3v) is 4.63. The Labute approximate surface area is 178 Å². The highest BCUT2D eigenvalue weighted by Crippen LogP contribution is 2.35. The van der Waals surface area contributed by atoms with Crippen LogP contribution in [0.5, 0.6) is 0 Å². The number of pyridine rings is 1. The maximum absolute atomic E-state index is 13.0. The van der Waals surface area contributed by atoms with Crippen LogP contribution in [0.1, 0.15) is 24.3 Å².